The van der Waals surface area contributed by atoms with E-state index in [-0.39, 0.29) is 17.9 Å². The second-order valence-electron chi connectivity index (χ2n) is 7.00. The van der Waals surface area contributed by atoms with Gasteiger partial charge in [-0.25, -0.2) is 0 Å². The number of anilines is 3. The lowest BCUT2D eigenvalue weighted by molar-refractivity contribution is -0.119. The normalized spacial score (nSPS) is 16.2. The largest absolute Gasteiger partial charge is 0.374 e. The Bertz CT molecular complexity index is 877. The van der Waals surface area contributed by atoms with Crippen molar-refractivity contribution in [1.29, 1.82) is 0 Å². The van der Waals surface area contributed by atoms with Crippen LogP contribution < -0.4 is 15.1 Å². The zero-order valence-corrected chi connectivity index (χ0v) is 15.2. The van der Waals surface area contributed by atoms with Crippen molar-refractivity contribution >= 4 is 28.9 Å². The SMILES string of the molecule is CC(=O)N1CCc2cc(NC(C)C(=O)N3CCc4ccccc43)ccc21. The maximum atomic E-state index is 12.9. The van der Waals surface area contributed by atoms with Crippen LogP contribution in [0, 0.1) is 0 Å². The first-order valence-corrected chi connectivity index (χ1v) is 9.11. The first-order chi connectivity index (χ1) is 12.5. The zero-order valence-electron chi connectivity index (χ0n) is 15.2. The highest BCUT2D eigenvalue weighted by Crippen LogP contribution is 2.31. The maximum absolute atomic E-state index is 12.9. The van der Waals surface area contributed by atoms with Gasteiger partial charge in [0.1, 0.15) is 6.04 Å². The number of hydrogen-bond acceptors (Lipinski definition) is 3. The number of carbonyl (C=O) groups excluding carboxylic acids is 2. The van der Waals surface area contributed by atoms with Gasteiger partial charge in [-0.15, -0.1) is 0 Å². The van der Waals surface area contributed by atoms with Gasteiger partial charge >= 0.3 is 0 Å². The summed E-state index contributed by atoms with van der Waals surface area (Å²) in [7, 11) is 0. The van der Waals surface area contributed by atoms with E-state index in [0.717, 1.165) is 48.6 Å². The first kappa shape index (κ1) is 16.6. The summed E-state index contributed by atoms with van der Waals surface area (Å²) in [6.45, 7) is 4.96. The van der Waals surface area contributed by atoms with Gasteiger partial charge in [0.05, 0.1) is 0 Å². The zero-order chi connectivity index (χ0) is 18.3. The third-order valence-electron chi connectivity index (χ3n) is 5.26. The molecule has 0 spiro atoms. The molecular formula is C21H23N3O2. The number of para-hydroxylation sites is 1. The Balaban J connectivity index is 1.48. The Morgan fingerprint density at radius 1 is 0.962 bits per heavy atom. The number of rotatable bonds is 3. The predicted octanol–water partition coefficient (Wildman–Crippen LogP) is 2.99. The molecule has 2 aromatic rings. The lowest BCUT2D eigenvalue weighted by Gasteiger charge is -2.23. The van der Waals surface area contributed by atoms with Crippen LogP contribution in [0.5, 0.6) is 0 Å². The number of amides is 2. The van der Waals surface area contributed by atoms with E-state index >= 15 is 0 Å². The average molecular weight is 349 g/mol. The standard InChI is InChI=1S/C21H23N3O2/c1-14(21(26)24-12-9-16-5-3-4-6-19(16)24)22-18-7-8-20-17(13-18)10-11-23(20)15(2)25/h3-8,13-14,22H,9-12H2,1-2H3. The third-order valence-corrected chi connectivity index (χ3v) is 5.26. The van der Waals surface area contributed by atoms with Crippen molar-refractivity contribution in [2.24, 2.45) is 0 Å². The molecule has 0 aromatic heterocycles. The molecule has 5 heteroatoms. The Morgan fingerprint density at radius 3 is 2.46 bits per heavy atom. The molecule has 0 fully saturated rings. The summed E-state index contributed by atoms with van der Waals surface area (Å²) < 4.78 is 0. The smallest absolute Gasteiger partial charge is 0.249 e. The van der Waals surface area contributed by atoms with Crippen molar-refractivity contribution in [2.45, 2.75) is 32.7 Å². The van der Waals surface area contributed by atoms with Crippen LogP contribution in [-0.2, 0) is 22.4 Å². The van der Waals surface area contributed by atoms with Gasteiger partial charge in [0.2, 0.25) is 11.8 Å². The highest BCUT2D eigenvalue weighted by molar-refractivity contribution is 6.00. The van der Waals surface area contributed by atoms with Gasteiger partial charge in [0, 0.05) is 37.1 Å². The van der Waals surface area contributed by atoms with E-state index in [1.807, 2.05) is 42.2 Å². The lowest BCUT2D eigenvalue weighted by Crippen LogP contribution is -2.40. The molecule has 4 rings (SSSR count). The first-order valence-electron chi connectivity index (χ1n) is 9.11. The molecule has 134 valence electrons. The number of benzene rings is 2. The minimum absolute atomic E-state index is 0.0701. The van der Waals surface area contributed by atoms with Crippen LogP contribution in [0.4, 0.5) is 17.1 Å². The van der Waals surface area contributed by atoms with Crippen LogP contribution in [0.15, 0.2) is 42.5 Å². The molecule has 2 amide bonds. The second kappa shape index (κ2) is 6.48. The fourth-order valence-electron chi connectivity index (χ4n) is 3.93. The molecule has 1 unspecified atom stereocenters. The van der Waals surface area contributed by atoms with Crippen LogP contribution >= 0.6 is 0 Å². The van der Waals surface area contributed by atoms with E-state index in [9.17, 15) is 9.59 Å². The minimum atomic E-state index is -0.315. The third kappa shape index (κ3) is 2.83. The van der Waals surface area contributed by atoms with Crippen LogP contribution in [0.1, 0.15) is 25.0 Å². The average Bonchev–Trinajstić information content (AvgIpc) is 3.24. The van der Waals surface area contributed by atoms with Crippen LogP contribution in [-0.4, -0.2) is 30.9 Å². The Labute approximate surface area is 153 Å². The number of fused-ring (bicyclic) bond motifs is 2. The van der Waals surface area contributed by atoms with Crippen molar-refractivity contribution in [3.8, 4) is 0 Å². The summed E-state index contributed by atoms with van der Waals surface area (Å²) in [6.07, 6.45) is 1.76. The number of carbonyl (C=O) groups is 2. The molecule has 2 aromatic carbocycles. The quantitative estimate of drug-likeness (QED) is 0.927. The predicted molar refractivity (Wildman–Crippen MR) is 104 cm³/mol. The molecule has 26 heavy (non-hydrogen) atoms. The summed E-state index contributed by atoms with van der Waals surface area (Å²) in [4.78, 5) is 28.2. The van der Waals surface area contributed by atoms with Gasteiger partial charge in [0.15, 0.2) is 0 Å². The molecular weight excluding hydrogens is 326 g/mol. The topological polar surface area (TPSA) is 52.7 Å². The molecule has 2 aliphatic rings. The van der Waals surface area contributed by atoms with E-state index < -0.39 is 0 Å². The molecule has 2 aliphatic heterocycles. The molecule has 1 atom stereocenters. The van der Waals surface area contributed by atoms with E-state index in [0.29, 0.717) is 0 Å². The van der Waals surface area contributed by atoms with Gasteiger partial charge in [-0.3, -0.25) is 9.59 Å². The molecule has 0 saturated heterocycles. The Hall–Kier alpha value is -2.82. The minimum Gasteiger partial charge on any atom is -0.374 e. The fraction of sp³-hybridized carbons (Fsp3) is 0.333. The van der Waals surface area contributed by atoms with Crippen molar-refractivity contribution in [3.05, 3.63) is 53.6 Å². The van der Waals surface area contributed by atoms with E-state index in [1.54, 1.807) is 11.8 Å². The second-order valence-corrected chi connectivity index (χ2v) is 7.00. The Kier molecular flexibility index (Phi) is 4.15. The molecule has 0 saturated carbocycles. The van der Waals surface area contributed by atoms with Crippen LogP contribution in [0.2, 0.25) is 0 Å². The molecule has 0 radical (unpaired) electrons. The monoisotopic (exact) mass is 349 g/mol. The van der Waals surface area contributed by atoms with Crippen molar-refractivity contribution in [2.75, 3.05) is 28.2 Å². The highest BCUT2D eigenvalue weighted by Gasteiger charge is 2.28. The molecule has 2 heterocycles. The van der Waals surface area contributed by atoms with Crippen molar-refractivity contribution in [1.82, 2.24) is 0 Å². The Morgan fingerprint density at radius 2 is 1.65 bits per heavy atom. The summed E-state index contributed by atoms with van der Waals surface area (Å²) in [5.41, 5.74) is 5.31. The highest BCUT2D eigenvalue weighted by atomic mass is 16.2. The fourth-order valence-corrected chi connectivity index (χ4v) is 3.93. The van der Waals surface area contributed by atoms with Gasteiger partial charge in [-0.05, 0) is 55.2 Å². The summed E-state index contributed by atoms with van der Waals surface area (Å²) in [5, 5.41) is 3.33. The van der Waals surface area contributed by atoms with E-state index in [2.05, 4.69) is 17.4 Å². The molecule has 0 bridgehead atoms. The summed E-state index contributed by atoms with van der Waals surface area (Å²) in [6, 6.07) is 13.7. The van der Waals surface area contributed by atoms with Crippen molar-refractivity contribution in [3.63, 3.8) is 0 Å². The van der Waals surface area contributed by atoms with Crippen molar-refractivity contribution < 1.29 is 9.59 Å². The molecule has 0 aliphatic carbocycles. The van der Waals surface area contributed by atoms with E-state index in [1.165, 1.54) is 5.56 Å². The number of nitrogens with one attached hydrogen (secondary N) is 1. The number of nitrogens with zero attached hydrogens (tertiary/aromatic N) is 2. The molecule has 5 nitrogen and oxygen atoms in total. The van der Waals surface area contributed by atoms with Gasteiger partial charge in [-0.1, -0.05) is 18.2 Å². The van der Waals surface area contributed by atoms with Crippen LogP contribution in [0.25, 0.3) is 0 Å². The number of hydrogen-bond donors (Lipinski definition) is 1. The van der Waals surface area contributed by atoms with Crippen LogP contribution in [0.3, 0.4) is 0 Å². The maximum Gasteiger partial charge on any atom is 0.249 e. The molecule has 1 N–H and O–H groups in total. The summed E-state index contributed by atoms with van der Waals surface area (Å²) >= 11 is 0. The lowest BCUT2D eigenvalue weighted by atomic mass is 10.1. The van der Waals surface area contributed by atoms with Gasteiger partial charge in [0.25, 0.3) is 0 Å². The van der Waals surface area contributed by atoms with Gasteiger partial charge in [-0.2, -0.15) is 0 Å². The summed E-state index contributed by atoms with van der Waals surface area (Å²) in [5.74, 6) is 0.154. The van der Waals surface area contributed by atoms with Gasteiger partial charge < -0.3 is 15.1 Å². The van der Waals surface area contributed by atoms with E-state index in [4.69, 9.17) is 0 Å².